The Hall–Kier alpha value is -1.59. The van der Waals surface area contributed by atoms with Crippen molar-refractivity contribution >= 4 is 51.3 Å². The van der Waals surface area contributed by atoms with Crippen LogP contribution in [0.2, 0.25) is 0 Å². The van der Waals surface area contributed by atoms with Gasteiger partial charge in [-0.2, -0.15) is 0 Å². The van der Waals surface area contributed by atoms with Gasteiger partial charge >= 0.3 is 0 Å². The maximum atomic E-state index is 6.09. The third-order valence-electron chi connectivity index (χ3n) is 5.01. The first-order valence-electron chi connectivity index (χ1n) is 10.3. The lowest BCUT2D eigenvalue weighted by Crippen LogP contribution is -2.21. The van der Waals surface area contributed by atoms with Crippen molar-refractivity contribution in [3.8, 4) is 5.75 Å². The van der Waals surface area contributed by atoms with Crippen LogP contribution in [0.5, 0.6) is 5.75 Å². The van der Waals surface area contributed by atoms with Crippen LogP contribution in [0, 0.1) is 9.49 Å². The fourth-order valence-corrected chi connectivity index (χ4v) is 5.28. The van der Waals surface area contributed by atoms with Gasteiger partial charge in [-0.1, -0.05) is 25.6 Å². The molecule has 3 N–H and O–H groups in total. The summed E-state index contributed by atoms with van der Waals surface area (Å²) in [5.74, 6) is 2.08. The van der Waals surface area contributed by atoms with E-state index in [1.165, 1.54) is 15.5 Å². The van der Waals surface area contributed by atoms with Crippen LogP contribution in [0.3, 0.4) is 0 Å². The summed E-state index contributed by atoms with van der Waals surface area (Å²) < 4.78 is 9.14. The van der Waals surface area contributed by atoms with Crippen molar-refractivity contribution in [1.29, 1.82) is 0 Å². The van der Waals surface area contributed by atoms with Crippen molar-refractivity contribution in [2.24, 2.45) is 5.92 Å². The minimum atomic E-state index is 0.422. The highest BCUT2D eigenvalue weighted by molar-refractivity contribution is 14.1. The Morgan fingerprint density at radius 3 is 3.00 bits per heavy atom. The van der Waals surface area contributed by atoms with Crippen LogP contribution in [0.4, 0.5) is 5.82 Å². The molecule has 2 aromatic heterocycles. The smallest absolute Gasteiger partial charge is 0.175 e. The van der Waals surface area contributed by atoms with Gasteiger partial charge in [0.25, 0.3) is 0 Å². The third-order valence-corrected chi connectivity index (χ3v) is 7.32. The molecule has 160 valence electrons. The lowest BCUT2D eigenvalue weighted by Gasteiger charge is -2.11. The van der Waals surface area contributed by atoms with Gasteiger partial charge in [-0.25, -0.2) is 15.0 Å². The zero-order chi connectivity index (χ0) is 21.1. The van der Waals surface area contributed by atoms with Crippen LogP contribution >= 0.6 is 34.4 Å². The van der Waals surface area contributed by atoms with Crippen LogP contribution in [-0.2, 0) is 13.0 Å². The number of nitrogens with two attached hydrogens (primary N) is 1. The molecule has 0 spiro atoms. The van der Waals surface area contributed by atoms with Gasteiger partial charge in [-0.15, -0.1) is 0 Å². The number of aryl methyl sites for hydroxylation is 1. The van der Waals surface area contributed by atoms with Crippen molar-refractivity contribution in [3.63, 3.8) is 0 Å². The summed E-state index contributed by atoms with van der Waals surface area (Å²) in [6, 6.07) is 4.34. The van der Waals surface area contributed by atoms with E-state index in [1.54, 1.807) is 11.8 Å². The van der Waals surface area contributed by atoms with E-state index in [9.17, 15) is 0 Å². The summed E-state index contributed by atoms with van der Waals surface area (Å²) in [4.78, 5) is 14.5. The average Bonchev–Trinajstić information content (AvgIpc) is 3.30. The van der Waals surface area contributed by atoms with E-state index in [4.69, 9.17) is 15.5 Å². The summed E-state index contributed by atoms with van der Waals surface area (Å²) in [7, 11) is 0. The molecule has 0 atom stereocenters. The highest BCUT2D eigenvalue weighted by atomic mass is 127. The van der Waals surface area contributed by atoms with E-state index < -0.39 is 0 Å². The molecule has 1 aliphatic heterocycles. The van der Waals surface area contributed by atoms with Gasteiger partial charge in [-0.3, -0.25) is 0 Å². The standard InChI is InChI=1S/C21H27IN6OS/c1-13(2)11-24-6-3-4-7-28-20-18(19(23)25-12-26-20)27-21(28)30-17-10-16-14(5-8-29-16)9-15(17)22/h9-10,12-13,24H,3-8,11H2,1-2H3,(H2,23,25,26). The van der Waals surface area contributed by atoms with Crippen molar-refractivity contribution in [3.05, 3.63) is 27.6 Å². The number of benzene rings is 1. The Bertz CT molecular complexity index is 1040. The van der Waals surface area contributed by atoms with Crippen LogP contribution in [-0.4, -0.2) is 39.2 Å². The zero-order valence-corrected chi connectivity index (χ0v) is 20.3. The number of ether oxygens (including phenoxy) is 1. The number of hydrogen-bond donors (Lipinski definition) is 2. The second-order valence-electron chi connectivity index (χ2n) is 7.87. The first-order chi connectivity index (χ1) is 14.5. The minimum absolute atomic E-state index is 0.422. The number of aromatic nitrogens is 4. The zero-order valence-electron chi connectivity index (χ0n) is 17.3. The van der Waals surface area contributed by atoms with Crippen molar-refractivity contribution in [2.75, 3.05) is 25.4 Å². The van der Waals surface area contributed by atoms with Gasteiger partial charge in [0.05, 0.1) is 6.61 Å². The molecule has 0 fully saturated rings. The Balaban J connectivity index is 1.55. The van der Waals surface area contributed by atoms with E-state index in [0.717, 1.165) is 67.0 Å². The Morgan fingerprint density at radius 2 is 2.17 bits per heavy atom. The molecule has 1 aliphatic rings. The molecule has 0 aliphatic carbocycles. The summed E-state index contributed by atoms with van der Waals surface area (Å²) in [6.07, 6.45) is 4.63. The molecule has 3 heterocycles. The van der Waals surface area contributed by atoms with Gasteiger partial charge < -0.3 is 20.4 Å². The fraction of sp³-hybridized carbons (Fsp3) is 0.476. The number of rotatable bonds is 9. The van der Waals surface area contributed by atoms with Crippen LogP contribution in [0.1, 0.15) is 32.3 Å². The maximum absolute atomic E-state index is 6.09. The van der Waals surface area contributed by atoms with E-state index in [1.807, 2.05) is 0 Å². The molecule has 0 radical (unpaired) electrons. The number of nitrogens with zero attached hydrogens (tertiary/aromatic N) is 4. The van der Waals surface area contributed by atoms with E-state index in [-0.39, 0.29) is 0 Å². The van der Waals surface area contributed by atoms with E-state index >= 15 is 0 Å². The van der Waals surface area contributed by atoms with Crippen LogP contribution < -0.4 is 15.8 Å². The number of fused-ring (bicyclic) bond motifs is 2. The predicted octanol–water partition coefficient (Wildman–Crippen LogP) is 4.13. The quantitative estimate of drug-likeness (QED) is 0.313. The van der Waals surface area contributed by atoms with E-state index in [2.05, 4.69) is 68.4 Å². The molecule has 0 unspecified atom stereocenters. The SMILES string of the molecule is CC(C)CNCCCCn1c(Sc2cc3c(cc2I)CCO3)nc2c(N)ncnc21. The summed E-state index contributed by atoms with van der Waals surface area (Å²) in [5, 5.41) is 4.40. The molecule has 1 aromatic carbocycles. The van der Waals surface area contributed by atoms with Gasteiger partial charge in [0.15, 0.2) is 22.1 Å². The highest BCUT2D eigenvalue weighted by Crippen LogP contribution is 2.38. The Morgan fingerprint density at radius 1 is 1.30 bits per heavy atom. The Kier molecular flexibility index (Phi) is 6.99. The number of hydrogen-bond acceptors (Lipinski definition) is 7. The van der Waals surface area contributed by atoms with Crippen molar-refractivity contribution < 1.29 is 4.74 Å². The number of nitrogens with one attached hydrogen (secondary N) is 1. The summed E-state index contributed by atoms with van der Waals surface area (Å²) >= 11 is 4.03. The number of nitrogen functional groups attached to an aromatic ring is 1. The van der Waals surface area contributed by atoms with Crippen molar-refractivity contribution in [2.45, 2.75) is 49.7 Å². The first-order valence-corrected chi connectivity index (χ1v) is 12.2. The summed E-state index contributed by atoms with van der Waals surface area (Å²) in [6.45, 7) is 8.13. The van der Waals surface area contributed by atoms with Crippen LogP contribution in [0.15, 0.2) is 28.5 Å². The molecule has 0 amide bonds. The normalized spacial score (nSPS) is 13.2. The van der Waals surface area contributed by atoms with Gasteiger partial charge in [0, 0.05) is 21.4 Å². The number of imidazole rings is 1. The van der Waals surface area contributed by atoms with Crippen molar-refractivity contribution in [1.82, 2.24) is 24.8 Å². The molecule has 9 heteroatoms. The highest BCUT2D eigenvalue weighted by Gasteiger charge is 2.20. The largest absolute Gasteiger partial charge is 0.493 e. The first kappa shape index (κ1) is 21.6. The number of halogens is 1. The monoisotopic (exact) mass is 538 g/mol. The second-order valence-corrected chi connectivity index (χ2v) is 10.0. The van der Waals surface area contributed by atoms with Gasteiger partial charge in [0.2, 0.25) is 0 Å². The molecule has 0 saturated carbocycles. The third kappa shape index (κ3) is 4.83. The fourth-order valence-electron chi connectivity index (χ4n) is 3.48. The molecule has 7 nitrogen and oxygen atoms in total. The van der Waals surface area contributed by atoms with Gasteiger partial charge in [0.1, 0.15) is 12.1 Å². The molecule has 4 rings (SSSR count). The lowest BCUT2D eigenvalue weighted by molar-refractivity contribution is 0.356. The number of unbranched alkanes of at least 4 members (excludes halogenated alkanes) is 1. The predicted molar refractivity (Wildman–Crippen MR) is 129 cm³/mol. The maximum Gasteiger partial charge on any atom is 0.175 e. The lowest BCUT2D eigenvalue weighted by atomic mass is 10.2. The molecule has 0 bridgehead atoms. The topological polar surface area (TPSA) is 90.9 Å². The Labute approximate surface area is 194 Å². The molecule has 30 heavy (non-hydrogen) atoms. The van der Waals surface area contributed by atoms with Crippen LogP contribution in [0.25, 0.3) is 11.2 Å². The van der Waals surface area contributed by atoms with E-state index in [0.29, 0.717) is 17.3 Å². The molecular formula is C21H27IN6OS. The molecule has 0 saturated heterocycles. The molecular weight excluding hydrogens is 511 g/mol. The number of anilines is 1. The summed E-state index contributed by atoms with van der Waals surface area (Å²) in [5.41, 5.74) is 8.84. The van der Waals surface area contributed by atoms with Gasteiger partial charge in [-0.05, 0) is 72.1 Å². The minimum Gasteiger partial charge on any atom is -0.493 e. The average molecular weight is 538 g/mol. The molecule has 3 aromatic rings. The second kappa shape index (κ2) is 9.69.